The van der Waals surface area contributed by atoms with Crippen molar-refractivity contribution in [3.63, 3.8) is 0 Å². The first-order valence-electron chi connectivity index (χ1n) is 5.60. The lowest BCUT2D eigenvalue weighted by atomic mass is 9.72. The van der Waals surface area contributed by atoms with Crippen molar-refractivity contribution in [2.75, 3.05) is 6.54 Å². The Kier molecular flexibility index (Phi) is 5.22. The monoisotopic (exact) mass is 211 g/mol. The smallest absolute Gasteiger partial charge is 0.142 e. The third-order valence-electron chi connectivity index (χ3n) is 2.77. The third kappa shape index (κ3) is 5.12. The first-order chi connectivity index (χ1) is 6.75. The Morgan fingerprint density at radius 2 is 1.80 bits per heavy atom. The van der Waals surface area contributed by atoms with Crippen molar-refractivity contribution in [2.45, 2.75) is 47.5 Å². The van der Waals surface area contributed by atoms with E-state index in [-0.39, 0.29) is 10.8 Å². The molecule has 0 aromatic rings. The van der Waals surface area contributed by atoms with Crippen molar-refractivity contribution in [3.05, 3.63) is 12.2 Å². The number of carbonyl (C=O) groups excluding carboxylic acids is 1. The maximum Gasteiger partial charge on any atom is 0.142 e. The van der Waals surface area contributed by atoms with Crippen LogP contribution in [0.25, 0.3) is 0 Å². The first-order valence-corrected chi connectivity index (χ1v) is 5.60. The standard InChI is InChI=1S/C13H25NO/c1-6-7-8-11(15)13(4,5)9-12(2,3)10-14/h6-7H,8-10,14H2,1-5H3. The second-order valence-electron chi connectivity index (χ2n) is 5.63. The summed E-state index contributed by atoms with van der Waals surface area (Å²) in [5.74, 6) is 0.294. The van der Waals surface area contributed by atoms with E-state index < -0.39 is 0 Å². The molecule has 0 saturated carbocycles. The van der Waals surface area contributed by atoms with Gasteiger partial charge in [0.2, 0.25) is 0 Å². The van der Waals surface area contributed by atoms with E-state index in [1.807, 2.05) is 32.9 Å². The van der Waals surface area contributed by atoms with Crippen LogP contribution in [0, 0.1) is 10.8 Å². The molecule has 0 aromatic heterocycles. The first kappa shape index (κ1) is 14.4. The number of allylic oxidation sites excluding steroid dienone is 2. The molecule has 0 amide bonds. The molecule has 0 aliphatic rings. The summed E-state index contributed by atoms with van der Waals surface area (Å²) in [5, 5.41) is 0. The average Bonchev–Trinajstić information content (AvgIpc) is 2.12. The van der Waals surface area contributed by atoms with Crippen molar-refractivity contribution in [2.24, 2.45) is 16.6 Å². The lowest BCUT2D eigenvalue weighted by Gasteiger charge is -2.32. The minimum Gasteiger partial charge on any atom is -0.330 e. The fourth-order valence-corrected chi connectivity index (χ4v) is 1.87. The topological polar surface area (TPSA) is 43.1 Å². The summed E-state index contributed by atoms with van der Waals surface area (Å²) in [6.07, 6.45) is 5.21. The van der Waals surface area contributed by atoms with Crippen molar-refractivity contribution in [1.29, 1.82) is 0 Å². The van der Waals surface area contributed by atoms with E-state index >= 15 is 0 Å². The number of nitrogens with two attached hydrogens (primary N) is 1. The molecule has 88 valence electrons. The summed E-state index contributed by atoms with van der Waals surface area (Å²) < 4.78 is 0. The van der Waals surface area contributed by atoms with Crippen LogP contribution in [0.5, 0.6) is 0 Å². The molecule has 0 saturated heterocycles. The molecule has 0 aliphatic carbocycles. The SMILES string of the molecule is CC=CCC(=O)C(C)(C)CC(C)(C)CN. The average molecular weight is 211 g/mol. The van der Waals surface area contributed by atoms with Crippen LogP contribution in [0.1, 0.15) is 47.5 Å². The summed E-state index contributed by atoms with van der Waals surface area (Å²) in [5.41, 5.74) is 5.45. The van der Waals surface area contributed by atoms with Gasteiger partial charge in [0.25, 0.3) is 0 Å². The molecule has 0 bridgehead atoms. The Balaban J connectivity index is 4.47. The van der Waals surface area contributed by atoms with Gasteiger partial charge in [-0.05, 0) is 25.3 Å². The number of carbonyl (C=O) groups is 1. The lowest BCUT2D eigenvalue weighted by Crippen LogP contribution is -2.34. The molecule has 0 spiro atoms. The van der Waals surface area contributed by atoms with Crippen LogP contribution < -0.4 is 5.73 Å². The predicted molar refractivity (Wildman–Crippen MR) is 65.7 cm³/mol. The van der Waals surface area contributed by atoms with Crippen LogP contribution in [0.2, 0.25) is 0 Å². The van der Waals surface area contributed by atoms with Gasteiger partial charge in [0.05, 0.1) is 0 Å². The molecule has 0 fully saturated rings. The molecule has 2 nitrogen and oxygen atoms in total. The third-order valence-corrected chi connectivity index (χ3v) is 2.77. The minimum atomic E-state index is -0.275. The molecule has 0 heterocycles. The summed E-state index contributed by atoms with van der Waals surface area (Å²) in [6, 6.07) is 0. The number of ketones is 1. The molecule has 0 unspecified atom stereocenters. The van der Waals surface area contributed by atoms with Crippen molar-refractivity contribution in [1.82, 2.24) is 0 Å². The molecule has 0 radical (unpaired) electrons. The van der Waals surface area contributed by atoms with Gasteiger partial charge in [-0.1, -0.05) is 39.8 Å². The molecular weight excluding hydrogens is 186 g/mol. The van der Waals surface area contributed by atoms with Gasteiger partial charge >= 0.3 is 0 Å². The number of hydrogen-bond acceptors (Lipinski definition) is 2. The van der Waals surface area contributed by atoms with E-state index in [0.29, 0.717) is 18.7 Å². The van der Waals surface area contributed by atoms with Gasteiger partial charge in [-0.3, -0.25) is 4.79 Å². The van der Waals surface area contributed by atoms with Crippen molar-refractivity contribution >= 4 is 5.78 Å². The van der Waals surface area contributed by atoms with E-state index in [9.17, 15) is 4.79 Å². The zero-order valence-corrected chi connectivity index (χ0v) is 10.8. The zero-order chi connectivity index (χ0) is 12.1. The highest BCUT2D eigenvalue weighted by molar-refractivity contribution is 5.85. The van der Waals surface area contributed by atoms with Crippen LogP contribution in [0.15, 0.2) is 12.2 Å². The molecule has 0 aliphatic heterocycles. The zero-order valence-electron chi connectivity index (χ0n) is 10.8. The molecule has 2 N–H and O–H groups in total. The lowest BCUT2D eigenvalue weighted by molar-refractivity contribution is -0.127. The van der Waals surface area contributed by atoms with Gasteiger partial charge in [0.1, 0.15) is 5.78 Å². The number of Topliss-reactive ketones (excluding diaryl/α,β-unsaturated/α-hetero) is 1. The van der Waals surface area contributed by atoms with Gasteiger partial charge in [-0.2, -0.15) is 0 Å². The highest BCUT2D eigenvalue weighted by atomic mass is 16.1. The molecule has 0 rings (SSSR count). The van der Waals surface area contributed by atoms with Gasteiger partial charge in [-0.15, -0.1) is 0 Å². The second kappa shape index (κ2) is 5.45. The van der Waals surface area contributed by atoms with Crippen LogP contribution in [-0.2, 0) is 4.79 Å². The highest BCUT2D eigenvalue weighted by Gasteiger charge is 2.32. The minimum absolute atomic E-state index is 0.0368. The van der Waals surface area contributed by atoms with Crippen LogP contribution in [0.3, 0.4) is 0 Å². The van der Waals surface area contributed by atoms with Gasteiger partial charge in [0.15, 0.2) is 0 Å². The van der Waals surface area contributed by atoms with E-state index in [0.717, 1.165) is 6.42 Å². The molecule has 15 heavy (non-hydrogen) atoms. The Hall–Kier alpha value is -0.630. The fourth-order valence-electron chi connectivity index (χ4n) is 1.87. The maximum atomic E-state index is 11.9. The van der Waals surface area contributed by atoms with Crippen molar-refractivity contribution < 1.29 is 4.79 Å². The van der Waals surface area contributed by atoms with E-state index in [1.165, 1.54) is 0 Å². The van der Waals surface area contributed by atoms with Crippen LogP contribution >= 0.6 is 0 Å². The van der Waals surface area contributed by atoms with E-state index in [4.69, 9.17) is 5.73 Å². The fraction of sp³-hybridized carbons (Fsp3) is 0.769. The second-order valence-corrected chi connectivity index (χ2v) is 5.63. The normalized spacial score (nSPS) is 13.5. The Labute approximate surface area is 93.9 Å². The summed E-state index contributed by atoms with van der Waals surface area (Å²) >= 11 is 0. The van der Waals surface area contributed by atoms with E-state index in [2.05, 4.69) is 13.8 Å². The predicted octanol–water partition coefficient (Wildman–Crippen LogP) is 2.92. The Morgan fingerprint density at radius 3 is 2.20 bits per heavy atom. The maximum absolute atomic E-state index is 11.9. The van der Waals surface area contributed by atoms with Crippen molar-refractivity contribution in [3.8, 4) is 0 Å². The number of rotatable bonds is 6. The molecule has 0 aromatic carbocycles. The number of hydrogen-bond donors (Lipinski definition) is 1. The Bertz CT molecular complexity index is 239. The Morgan fingerprint density at radius 1 is 1.27 bits per heavy atom. The van der Waals surface area contributed by atoms with Gasteiger partial charge in [0, 0.05) is 11.8 Å². The summed E-state index contributed by atoms with van der Waals surface area (Å²) in [4.78, 5) is 11.9. The van der Waals surface area contributed by atoms with Crippen LogP contribution in [0.4, 0.5) is 0 Å². The largest absolute Gasteiger partial charge is 0.330 e. The van der Waals surface area contributed by atoms with E-state index in [1.54, 1.807) is 0 Å². The van der Waals surface area contributed by atoms with Gasteiger partial charge < -0.3 is 5.73 Å². The molecule has 0 atom stereocenters. The highest BCUT2D eigenvalue weighted by Crippen LogP contribution is 2.34. The summed E-state index contributed by atoms with van der Waals surface area (Å²) in [7, 11) is 0. The molecular formula is C13H25NO. The quantitative estimate of drug-likeness (QED) is 0.686. The van der Waals surface area contributed by atoms with Gasteiger partial charge in [-0.25, -0.2) is 0 Å². The summed E-state index contributed by atoms with van der Waals surface area (Å²) in [6.45, 7) is 10.8. The molecule has 2 heteroatoms. The van der Waals surface area contributed by atoms with Crippen LogP contribution in [-0.4, -0.2) is 12.3 Å².